The Balaban J connectivity index is 1.64. The third-order valence-electron chi connectivity index (χ3n) is 4.19. The van der Waals surface area contributed by atoms with Gasteiger partial charge in [0.2, 0.25) is 5.67 Å². The summed E-state index contributed by atoms with van der Waals surface area (Å²) in [7, 11) is 0. The number of benzene rings is 2. The van der Waals surface area contributed by atoms with E-state index in [0.717, 1.165) is 12.5 Å². The Labute approximate surface area is 150 Å². The molecule has 0 N–H and O–H groups in total. The minimum atomic E-state index is -2.31. The van der Waals surface area contributed by atoms with Crippen molar-refractivity contribution < 1.29 is 28.2 Å². The maximum absolute atomic E-state index is 14.7. The zero-order valence-corrected chi connectivity index (χ0v) is 14.3. The van der Waals surface area contributed by atoms with E-state index in [-0.39, 0.29) is 13.2 Å². The molecule has 136 valence electrons. The van der Waals surface area contributed by atoms with E-state index in [0.29, 0.717) is 5.56 Å². The topological polar surface area (TPSA) is 61.8 Å². The van der Waals surface area contributed by atoms with Crippen LogP contribution < -0.4 is 0 Å². The van der Waals surface area contributed by atoms with Crippen molar-refractivity contribution in [3.8, 4) is 0 Å². The molecule has 0 aromatic heterocycles. The number of carbonyl (C=O) groups is 2. The van der Waals surface area contributed by atoms with Gasteiger partial charge >= 0.3 is 11.9 Å². The summed E-state index contributed by atoms with van der Waals surface area (Å²) < 4.78 is 30.6. The first kappa shape index (κ1) is 18.1. The van der Waals surface area contributed by atoms with Crippen LogP contribution in [0.3, 0.4) is 0 Å². The lowest BCUT2D eigenvalue weighted by atomic mass is 10.0. The zero-order chi connectivity index (χ0) is 18.6. The van der Waals surface area contributed by atoms with Gasteiger partial charge in [-0.2, -0.15) is 0 Å². The fourth-order valence-electron chi connectivity index (χ4n) is 2.74. The van der Waals surface area contributed by atoms with E-state index >= 15 is 0 Å². The lowest BCUT2D eigenvalue weighted by molar-refractivity contribution is -0.150. The summed E-state index contributed by atoms with van der Waals surface area (Å²) in [6.07, 6.45) is -2.17. The molecule has 0 saturated carbocycles. The van der Waals surface area contributed by atoms with E-state index in [1.807, 2.05) is 30.3 Å². The average molecular weight is 358 g/mol. The molecule has 1 aliphatic heterocycles. The van der Waals surface area contributed by atoms with Gasteiger partial charge < -0.3 is 14.2 Å². The van der Waals surface area contributed by atoms with Crippen molar-refractivity contribution >= 4 is 11.9 Å². The number of alkyl halides is 1. The van der Waals surface area contributed by atoms with Gasteiger partial charge in [-0.05, 0) is 24.6 Å². The first-order chi connectivity index (χ1) is 12.5. The molecule has 0 unspecified atom stereocenters. The molecule has 26 heavy (non-hydrogen) atoms. The molecule has 2 aromatic carbocycles. The van der Waals surface area contributed by atoms with Crippen LogP contribution in [0, 0.1) is 0 Å². The highest BCUT2D eigenvalue weighted by Crippen LogP contribution is 2.33. The maximum atomic E-state index is 14.7. The van der Waals surface area contributed by atoms with Crippen molar-refractivity contribution in [1.82, 2.24) is 0 Å². The van der Waals surface area contributed by atoms with Crippen molar-refractivity contribution in [2.24, 2.45) is 0 Å². The molecule has 0 spiro atoms. The number of hydrogen-bond donors (Lipinski definition) is 0. The Hall–Kier alpha value is -2.73. The Bertz CT molecular complexity index is 760. The fourth-order valence-corrected chi connectivity index (χ4v) is 2.74. The second kappa shape index (κ2) is 7.66. The molecular formula is C20H19FO5. The van der Waals surface area contributed by atoms with Gasteiger partial charge in [0, 0.05) is 0 Å². The average Bonchev–Trinajstić information content (AvgIpc) is 2.88. The van der Waals surface area contributed by atoms with Crippen molar-refractivity contribution in [3.05, 3.63) is 71.8 Å². The summed E-state index contributed by atoms with van der Waals surface area (Å²) in [6.45, 7) is 0.952. The highest BCUT2D eigenvalue weighted by Gasteiger charge is 2.56. The SMILES string of the molecule is C[C@]1(F)C(=O)O[C@H](COC(=O)c2ccccc2)[C@H]1OCc1ccccc1. The lowest BCUT2D eigenvalue weighted by Gasteiger charge is -2.23. The van der Waals surface area contributed by atoms with Crippen LogP contribution >= 0.6 is 0 Å². The lowest BCUT2D eigenvalue weighted by Crippen LogP contribution is -2.42. The molecule has 5 nitrogen and oxygen atoms in total. The predicted molar refractivity (Wildman–Crippen MR) is 91.1 cm³/mol. The minimum Gasteiger partial charge on any atom is -0.458 e. The number of halogens is 1. The summed E-state index contributed by atoms with van der Waals surface area (Å²) in [5.74, 6) is -1.59. The normalized spacial score (nSPS) is 24.9. The van der Waals surface area contributed by atoms with Crippen molar-refractivity contribution in [1.29, 1.82) is 0 Å². The van der Waals surface area contributed by atoms with E-state index in [1.54, 1.807) is 30.3 Å². The summed E-state index contributed by atoms with van der Waals surface area (Å²) in [6, 6.07) is 17.6. The first-order valence-electron chi connectivity index (χ1n) is 8.26. The van der Waals surface area contributed by atoms with Gasteiger partial charge in [-0.1, -0.05) is 48.5 Å². The highest BCUT2D eigenvalue weighted by molar-refractivity contribution is 5.89. The summed E-state index contributed by atoms with van der Waals surface area (Å²) in [5.41, 5.74) is -1.11. The van der Waals surface area contributed by atoms with E-state index in [2.05, 4.69) is 0 Å². The van der Waals surface area contributed by atoms with Crippen LogP contribution in [0.2, 0.25) is 0 Å². The molecular weight excluding hydrogens is 339 g/mol. The minimum absolute atomic E-state index is 0.116. The first-order valence-corrected chi connectivity index (χ1v) is 8.26. The van der Waals surface area contributed by atoms with E-state index in [9.17, 15) is 14.0 Å². The predicted octanol–water partition coefficient (Wildman–Crippen LogP) is 3.08. The molecule has 1 heterocycles. The third-order valence-corrected chi connectivity index (χ3v) is 4.19. The second-order valence-electron chi connectivity index (χ2n) is 6.20. The summed E-state index contributed by atoms with van der Waals surface area (Å²) in [5, 5.41) is 0. The molecule has 2 aromatic rings. The van der Waals surface area contributed by atoms with Gasteiger partial charge in [-0.15, -0.1) is 0 Å². The van der Waals surface area contributed by atoms with Crippen molar-refractivity contribution in [2.45, 2.75) is 31.4 Å². The standard InChI is InChI=1S/C20H19FO5/c1-20(21)17(24-12-14-8-4-2-5-9-14)16(26-19(20)23)13-25-18(22)15-10-6-3-7-11-15/h2-11,16-17H,12-13H2,1H3/t16-,17-,20-/m1/s1. The van der Waals surface area contributed by atoms with Gasteiger partial charge in [0.1, 0.15) is 12.7 Å². The number of carbonyl (C=O) groups excluding carboxylic acids is 2. The van der Waals surface area contributed by atoms with E-state index in [4.69, 9.17) is 14.2 Å². The van der Waals surface area contributed by atoms with Crippen LogP contribution in [0.1, 0.15) is 22.8 Å². The number of cyclic esters (lactones) is 1. The Morgan fingerprint density at radius 2 is 1.73 bits per heavy atom. The fraction of sp³-hybridized carbons (Fsp3) is 0.300. The van der Waals surface area contributed by atoms with E-state index in [1.165, 1.54) is 0 Å². The smallest absolute Gasteiger partial charge is 0.347 e. The van der Waals surface area contributed by atoms with E-state index < -0.39 is 29.8 Å². The third kappa shape index (κ3) is 3.91. The van der Waals surface area contributed by atoms with Gasteiger partial charge in [0.25, 0.3) is 0 Å². The molecule has 1 fully saturated rings. The highest BCUT2D eigenvalue weighted by atomic mass is 19.1. The van der Waals surface area contributed by atoms with Gasteiger partial charge in [-0.25, -0.2) is 14.0 Å². The molecule has 0 aliphatic carbocycles. The summed E-state index contributed by atoms with van der Waals surface area (Å²) >= 11 is 0. The van der Waals surface area contributed by atoms with Crippen LogP contribution in [0.15, 0.2) is 60.7 Å². The number of rotatable bonds is 6. The van der Waals surface area contributed by atoms with Gasteiger partial charge in [-0.3, -0.25) is 0 Å². The van der Waals surface area contributed by atoms with Gasteiger partial charge in [0.05, 0.1) is 12.2 Å². The number of ether oxygens (including phenoxy) is 3. The van der Waals surface area contributed by atoms with Crippen molar-refractivity contribution in [2.75, 3.05) is 6.61 Å². The van der Waals surface area contributed by atoms with Crippen LogP contribution in [0.5, 0.6) is 0 Å². The molecule has 0 amide bonds. The number of hydrogen-bond acceptors (Lipinski definition) is 5. The molecule has 0 bridgehead atoms. The second-order valence-corrected chi connectivity index (χ2v) is 6.20. The molecule has 0 radical (unpaired) electrons. The zero-order valence-electron chi connectivity index (χ0n) is 14.3. The Kier molecular flexibility index (Phi) is 5.32. The Morgan fingerprint density at radius 3 is 2.38 bits per heavy atom. The summed E-state index contributed by atoms with van der Waals surface area (Å²) in [4.78, 5) is 23.9. The van der Waals surface area contributed by atoms with Crippen LogP contribution in [-0.2, 0) is 25.6 Å². The van der Waals surface area contributed by atoms with Crippen molar-refractivity contribution in [3.63, 3.8) is 0 Å². The molecule has 3 atom stereocenters. The maximum Gasteiger partial charge on any atom is 0.347 e. The van der Waals surface area contributed by atoms with Crippen LogP contribution in [-0.4, -0.2) is 36.4 Å². The number of esters is 2. The monoisotopic (exact) mass is 358 g/mol. The van der Waals surface area contributed by atoms with Crippen LogP contribution in [0.25, 0.3) is 0 Å². The largest absolute Gasteiger partial charge is 0.458 e. The molecule has 1 aliphatic rings. The molecule has 3 rings (SSSR count). The van der Waals surface area contributed by atoms with Crippen LogP contribution in [0.4, 0.5) is 4.39 Å². The Morgan fingerprint density at radius 1 is 1.12 bits per heavy atom. The molecule has 1 saturated heterocycles. The molecule has 6 heteroatoms. The van der Waals surface area contributed by atoms with Gasteiger partial charge in [0.15, 0.2) is 6.10 Å². The quantitative estimate of drug-likeness (QED) is 0.743.